The van der Waals surface area contributed by atoms with Crippen molar-refractivity contribution in [3.8, 4) is 6.07 Å². The maximum absolute atomic E-state index is 9.13. The summed E-state index contributed by atoms with van der Waals surface area (Å²) in [6.45, 7) is 4.61. The molecule has 2 nitrogen and oxygen atoms in total. The van der Waals surface area contributed by atoms with Crippen LogP contribution in [0.3, 0.4) is 0 Å². The van der Waals surface area contributed by atoms with Crippen molar-refractivity contribution < 1.29 is 0 Å². The van der Waals surface area contributed by atoms with Gasteiger partial charge in [-0.25, -0.2) is 0 Å². The van der Waals surface area contributed by atoms with Crippen LogP contribution in [0.15, 0.2) is 18.2 Å². The Bertz CT molecular complexity index is 454. The normalized spacial score (nSPS) is 27.6. The number of nitrogens with zero attached hydrogens (tertiary/aromatic N) is 1. The van der Waals surface area contributed by atoms with Gasteiger partial charge in [0.2, 0.25) is 0 Å². The predicted molar refractivity (Wildman–Crippen MR) is 75.8 cm³/mol. The minimum atomic E-state index is 0.469. The summed E-state index contributed by atoms with van der Waals surface area (Å²) in [5.74, 6) is 1.51. The number of nitrogens with one attached hydrogen (secondary N) is 1. The Hall–Kier alpha value is -1.20. The van der Waals surface area contributed by atoms with E-state index in [0.29, 0.717) is 16.6 Å². The van der Waals surface area contributed by atoms with Crippen LogP contribution in [0.25, 0.3) is 0 Å². The largest absolute Gasteiger partial charge is 0.381 e. The Labute approximate surface area is 114 Å². The summed E-state index contributed by atoms with van der Waals surface area (Å²) in [6.07, 6.45) is 3.67. The molecule has 1 saturated carbocycles. The Morgan fingerprint density at radius 2 is 1.89 bits per heavy atom. The highest BCUT2D eigenvalue weighted by atomic mass is 35.5. The van der Waals surface area contributed by atoms with E-state index in [0.717, 1.165) is 17.5 Å². The summed E-state index contributed by atoms with van der Waals surface area (Å²) in [5, 5.41) is 13.2. The van der Waals surface area contributed by atoms with Crippen LogP contribution in [-0.2, 0) is 0 Å². The van der Waals surface area contributed by atoms with Crippen LogP contribution in [-0.4, -0.2) is 6.04 Å². The first-order valence-corrected chi connectivity index (χ1v) is 6.92. The lowest BCUT2D eigenvalue weighted by Gasteiger charge is -2.32. The van der Waals surface area contributed by atoms with Crippen LogP contribution >= 0.6 is 11.6 Å². The topological polar surface area (TPSA) is 35.8 Å². The molecule has 0 saturated heterocycles. The van der Waals surface area contributed by atoms with Gasteiger partial charge in [0.25, 0.3) is 0 Å². The molecular weight excluding hydrogens is 244 g/mol. The van der Waals surface area contributed by atoms with Gasteiger partial charge in [0.15, 0.2) is 0 Å². The highest BCUT2D eigenvalue weighted by Crippen LogP contribution is 2.31. The van der Waals surface area contributed by atoms with Gasteiger partial charge in [-0.1, -0.05) is 25.4 Å². The van der Waals surface area contributed by atoms with E-state index in [2.05, 4.69) is 25.2 Å². The maximum atomic E-state index is 9.13. The van der Waals surface area contributed by atoms with E-state index in [4.69, 9.17) is 16.9 Å². The number of rotatable bonds is 2. The zero-order valence-corrected chi connectivity index (χ0v) is 11.7. The lowest BCUT2D eigenvalue weighted by Crippen LogP contribution is -2.30. The average Bonchev–Trinajstić information content (AvgIpc) is 2.30. The molecular formula is C15H19ClN2. The first kappa shape index (κ1) is 13.2. The van der Waals surface area contributed by atoms with E-state index < -0.39 is 0 Å². The van der Waals surface area contributed by atoms with E-state index in [1.807, 2.05) is 12.1 Å². The van der Waals surface area contributed by atoms with Crippen molar-refractivity contribution in [1.82, 2.24) is 0 Å². The van der Waals surface area contributed by atoms with Crippen molar-refractivity contribution in [2.75, 3.05) is 5.32 Å². The second-order valence-electron chi connectivity index (χ2n) is 5.56. The molecule has 0 bridgehead atoms. The molecule has 3 heteroatoms. The maximum Gasteiger partial charge on any atom is 0.101 e. The molecule has 2 atom stereocenters. The second-order valence-corrected chi connectivity index (χ2v) is 6.00. The lowest BCUT2D eigenvalue weighted by atomic mass is 9.80. The molecule has 0 aliphatic heterocycles. The number of benzene rings is 1. The zero-order chi connectivity index (χ0) is 13.1. The zero-order valence-electron chi connectivity index (χ0n) is 10.9. The van der Waals surface area contributed by atoms with E-state index in [1.54, 1.807) is 6.07 Å². The molecule has 0 amide bonds. The summed E-state index contributed by atoms with van der Waals surface area (Å²) in [4.78, 5) is 0. The van der Waals surface area contributed by atoms with Crippen LogP contribution < -0.4 is 5.32 Å². The molecule has 96 valence electrons. The fourth-order valence-electron chi connectivity index (χ4n) is 3.02. The number of anilines is 1. The first-order valence-electron chi connectivity index (χ1n) is 6.54. The third-order valence-electron chi connectivity index (χ3n) is 3.64. The molecule has 1 aromatic rings. The molecule has 1 N–H and O–H groups in total. The van der Waals surface area contributed by atoms with Crippen molar-refractivity contribution in [3.05, 3.63) is 28.8 Å². The quantitative estimate of drug-likeness (QED) is 0.855. The van der Waals surface area contributed by atoms with Gasteiger partial charge < -0.3 is 5.32 Å². The van der Waals surface area contributed by atoms with Gasteiger partial charge in [-0.2, -0.15) is 5.26 Å². The van der Waals surface area contributed by atoms with Crippen LogP contribution in [0.5, 0.6) is 0 Å². The van der Waals surface area contributed by atoms with Gasteiger partial charge in [-0.05, 0) is 49.3 Å². The lowest BCUT2D eigenvalue weighted by molar-refractivity contribution is 0.281. The number of nitriles is 1. The van der Waals surface area contributed by atoms with Gasteiger partial charge in [-0.3, -0.25) is 0 Å². The average molecular weight is 263 g/mol. The smallest absolute Gasteiger partial charge is 0.101 e. The highest BCUT2D eigenvalue weighted by molar-refractivity contribution is 6.30. The Morgan fingerprint density at radius 1 is 1.22 bits per heavy atom. The number of halogens is 1. The molecule has 1 aliphatic carbocycles. The molecule has 0 radical (unpaired) electrons. The second kappa shape index (κ2) is 5.63. The molecule has 0 spiro atoms. The van der Waals surface area contributed by atoms with E-state index in [9.17, 15) is 0 Å². The van der Waals surface area contributed by atoms with Crippen molar-refractivity contribution in [2.45, 2.75) is 39.2 Å². The summed E-state index contributed by atoms with van der Waals surface area (Å²) in [5.41, 5.74) is 1.54. The molecule has 2 unspecified atom stereocenters. The van der Waals surface area contributed by atoms with Crippen LogP contribution in [0, 0.1) is 23.2 Å². The third kappa shape index (κ3) is 3.17. The van der Waals surface area contributed by atoms with Crippen molar-refractivity contribution in [3.63, 3.8) is 0 Å². The van der Waals surface area contributed by atoms with Crippen molar-refractivity contribution in [2.24, 2.45) is 11.8 Å². The Kier molecular flexibility index (Phi) is 4.14. The van der Waals surface area contributed by atoms with Crippen LogP contribution in [0.4, 0.5) is 5.69 Å². The van der Waals surface area contributed by atoms with Crippen molar-refractivity contribution in [1.29, 1.82) is 5.26 Å². The molecule has 1 aromatic carbocycles. The summed E-state index contributed by atoms with van der Waals surface area (Å²) >= 11 is 5.91. The Balaban J connectivity index is 2.12. The van der Waals surface area contributed by atoms with Gasteiger partial charge in [0.05, 0.1) is 11.3 Å². The van der Waals surface area contributed by atoms with Gasteiger partial charge in [0.1, 0.15) is 6.07 Å². The summed E-state index contributed by atoms with van der Waals surface area (Å²) in [6, 6.07) is 8.13. The fraction of sp³-hybridized carbons (Fsp3) is 0.533. The molecule has 0 aromatic heterocycles. The molecule has 2 rings (SSSR count). The Morgan fingerprint density at radius 3 is 2.50 bits per heavy atom. The molecule has 18 heavy (non-hydrogen) atoms. The van der Waals surface area contributed by atoms with E-state index in [1.165, 1.54) is 19.3 Å². The summed E-state index contributed by atoms with van der Waals surface area (Å²) in [7, 11) is 0. The standard InChI is InChI=1S/C15H19ClN2/c1-10-5-11(2)7-14(6-10)18-15-4-3-13(16)8-12(15)9-17/h3-4,8,10-11,14,18H,5-7H2,1-2H3. The van der Waals surface area contributed by atoms with Crippen LogP contribution in [0.2, 0.25) is 5.02 Å². The van der Waals surface area contributed by atoms with E-state index >= 15 is 0 Å². The predicted octanol–water partition coefficient (Wildman–Crippen LogP) is 4.45. The number of hydrogen-bond acceptors (Lipinski definition) is 2. The SMILES string of the molecule is CC1CC(C)CC(Nc2ccc(Cl)cc2C#N)C1. The third-order valence-corrected chi connectivity index (χ3v) is 3.88. The van der Waals surface area contributed by atoms with Crippen molar-refractivity contribution >= 4 is 17.3 Å². The van der Waals surface area contributed by atoms with E-state index in [-0.39, 0.29) is 0 Å². The first-order chi connectivity index (χ1) is 8.58. The minimum Gasteiger partial charge on any atom is -0.381 e. The molecule has 1 fully saturated rings. The minimum absolute atomic E-state index is 0.469. The van der Waals surface area contributed by atoms with Gasteiger partial charge in [0, 0.05) is 11.1 Å². The molecule has 0 heterocycles. The molecule has 1 aliphatic rings. The fourth-order valence-corrected chi connectivity index (χ4v) is 3.19. The summed E-state index contributed by atoms with van der Waals surface area (Å²) < 4.78 is 0. The number of hydrogen-bond donors (Lipinski definition) is 1. The monoisotopic (exact) mass is 262 g/mol. The van der Waals surface area contributed by atoms with Crippen LogP contribution in [0.1, 0.15) is 38.7 Å². The van der Waals surface area contributed by atoms with Gasteiger partial charge in [-0.15, -0.1) is 0 Å². The van der Waals surface area contributed by atoms with Gasteiger partial charge >= 0.3 is 0 Å². The highest BCUT2D eigenvalue weighted by Gasteiger charge is 2.24.